The van der Waals surface area contributed by atoms with Gasteiger partial charge >= 0.3 is 5.97 Å². The monoisotopic (exact) mass is 342 g/mol. The van der Waals surface area contributed by atoms with Crippen LogP contribution in [0.1, 0.15) is 40.1 Å². The quantitative estimate of drug-likeness (QED) is 0.785. The highest BCUT2D eigenvalue weighted by molar-refractivity contribution is 5.98. The van der Waals surface area contributed by atoms with Crippen molar-refractivity contribution >= 4 is 11.9 Å². The van der Waals surface area contributed by atoms with E-state index in [1.165, 1.54) is 6.20 Å². The summed E-state index contributed by atoms with van der Waals surface area (Å²) in [6.45, 7) is 5.56. The molecule has 1 amide bonds. The van der Waals surface area contributed by atoms with Gasteiger partial charge in [0.2, 0.25) is 0 Å². The van der Waals surface area contributed by atoms with Crippen molar-refractivity contribution in [3.63, 3.8) is 0 Å². The Labute approximate surface area is 146 Å². The molecule has 0 unspecified atom stereocenters. The van der Waals surface area contributed by atoms with Gasteiger partial charge in [-0.2, -0.15) is 0 Å². The van der Waals surface area contributed by atoms with Crippen molar-refractivity contribution < 1.29 is 19.4 Å². The van der Waals surface area contributed by atoms with Crippen LogP contribution in [0.3, 0.4) is 0 Å². The lowest BCUT2D eigenvalue weighted by Gasteiger charge is -2.23. The highest BCUT2D eigenvalue weighted by atomic mass is 16.5. The SMILES string of the molecule is CCOC(=O)[C@@H](NC(=O)c1ccc(C)cc1C)[C@H](O)c1cccnc1. The van der Waals surface area contributed by atoms with Crippen molar-refractivity contribution in [1.82, 2.24) is 10.3 Å². The molecule has 2 aromatic rings. The highest BCUT2D eigenvalue weighted by Crippen LogP contribution is 2.18. The molecule has 25 heavy (non-hydrogen) atoms. The number of amides is 1. The molecule has 0 bridgehead atoms. The Hall–Kier alpha value is -2.73. The van der Waals surface area contributed by atoms with E-state index < -0.39 is 24.0 Å². The van der Waals surface area contributed by atoms with E-state index in [9.17, 15) is 14.7 Å². The first-order chi connectivity index (χ1) is 11.9. The number of pyridine rings is 1. The molecule has 0 fully saturated rings. The van der Waals surface area contributed by atoms with Gasteiger partial charge in [0.1, 0.15) is 6.10 Å². The summed E-state index contributed by atoms with van der Waals surface area (Å²) in [6.07, 6.45) is 1.74. The lowest BCUT2D eigenvalue weighted by atomic mass is 10.0. The standard InChI is InChI=1S/C19H22N2O4/c1-4-25-19(24)16(17(22)14-6-5-9-20-11-14)21-18(23)15-8-7-12(2)10-13(15)3/h5-11,16-17,22H,4H2,1-3H3,(H,21,23)/t16-,17+/m0/s1. The molecular formula is C19H22N2O4. The molecule has 6 heteroatoms. The maximum atomic E-state index is 12.6. The van der Waals surface area contributed by atoms with Crippen LogP contribution in [0.15, 0.2) is 42.7 Å². The third-order valence-corrected chi connectivity index (χ3v) is 3.80. The number of hydrogen-bond donors (Lipinski definition) is 2. The lowest BCUT2D eigenvalue weighted by molar-refractivity contribution is -0.148. The molecule has 1 heterocycles. The van der Waals surface area contributed by atoms with Crippen molar-refractivity contribution in [2.45, 2.75) is 32.9 Å². The fourth-order valence-corrected chi connectivity index (χ4v) is 2.53. The van der Waals surface area contributed by atoms with Crippen molar-refractivity contribution in [3.8, 4) is 0 Å². The number of aliphatic hydroxyl groups excluding tert-OH is 1. The van der Waals surface area contributed by atoms with Gasteiger partial charge in [-0.1, -0.05) is 23.8 Å². The Balaban J connectivity index is 2.26. The molecule has 0 radical (unpaired) electrons. The zero-order valence-corrected chi connectivity index (χ0v) is 14.5. The molecule has 0 saturated heterocycles. The van der Waals surface area contributed by atoms with Gasteiger partial charge in [0.05, 0.1) is 6.61 Å². The van der Waals surface area contributed by atoms with Crippen LogP contribution in [-0.2, 0) is 9.53 Å². The second-order valence-corrected chi connectivity index (χ2v) is 5.75. The first-order valence-electron chi connectivity index (χ1n) is 8.06. The summed E-state index contributed by atoms with van der Waals surface area (Å²) in [5.41, 5.74) is 2.68. The van der Waals surface area contributed by atoms with Crippen LogP contribution in [0, 0.1) is 13.8 Å². The predicted molar refractivity (Wildman–Crippen MR) is 93.0 cm³/mol. The number of rotatable bonds is 6. The van der Waals surface area contributed by atoms with Crippen molar-refractivity contribution in [2.75, 3.05) is 6.61 Å². The van der Waals surface area contributed by atoms with Crippen LogP contribution in [0.5, 0.6) is 0 Å². The van der Waals surface area contributed by atoms with Crippen LogP contribution in [-0.4, -0.2) is 34.6 Å². The van der Waals surface area contributed by atoms with Gasteiger partial charge < -0.3 is 15.2 Å². The fraction of sp³-hybridized carbons (Fsp3) is 0.316. The average molecular weight is 342 g/mol. The first-order valence-corrected chi connectivity index (χ1v) is 8.06. The second-order valence-electron chi connectivity index (χ2n) is 5.75. The maximum absolute atomic E-state index is 12.6. The molecule has 1 aromatic carbocycles. The van der Waals surface area contributed by atoms with Gasteiger partial charge in [0, 0.05) is 23.5 Å². The van der Waals surface area contributed by atoms with E-state index >= 15 is 0 Å². The van der Waals surface area contributed by atoms with Gasteiger partial charge in [0.25, 0.3) is 5.91 Å². The molecule has 0 saturated carbocycles. The minimum atomic E-state index is -1.26. The first kappa shape index (κ1) is 18.6. The summed E-state index contributed by atoms with van der Waals surface area (Å²) in [5, 5.41) is 13.1. The Morgan fingerprint density at radius 1 is 1.28 bits per heavy atom. The Morgan fingerprint density at radius 3 is 2.64 bits per heavy atom. The number of aliphatic hydroxyl groups is 1. The molecule has 2 N–H and O–H groups in total. The summed E-state index contributed by atoms with van der Waals surface area (Å²) < 4.78 is 5.00. The van der Waals surface area contributed by atoms with Gasteiger partial charge in [-0.15, -0.1) is 0 Å². The minimum Gasteiger partial charge on any atom is -0.464 e. The molecule has 0 aliphatic heterocycles. The van der Waals surface area contributed by atoms with Gasteiger partial charge in [0.15, 0.2) is 6.04 Å². The summed E-state index contributed by atoms with van der Waals surface area (Å²) >= 11 is 0. The van der Waals surface area contributed by atoms with Crippen molar-refractivity contribution in [2.24, 2.45) is 0 Å². The molecule has 132 valence electrons. The number of hydrogen-bond acceptors (Lipinski definition) is 5. The number of aromatic nitrogens is 1. The van der Waals surface area contributed by atoms with E-state index in [1.54, 1.807) is 31.3 Å². The number of carbonyl (C=O) groups excluding carboxylic acids is 2. The molecule has 0 aliphatic carbocycles. The molecule has 2 rings (SSSR count). The van der Waals surface area contributed by atoms with Crippen LogP contribution in [0.4, 0.5) is 0 Å². The summed E-state index contributed by atoms with van der Waals surface area (Å²) in [4.78, 5) is 28.8. The van der Waals surface area contributed by atoms with Crippen molar-refractivity contribution in [1.29, 1.82) is 0 Å². The Morgan fingerprint density at radius 2 is 2.04 bits per heavy atom. The van der Waals surface area contributed by atoms with Crippen LogP contribution in [0.2, 0.25) is 0 Å². The molecular weight excluding hydrogens is 320 g/mol. The van der Waals surface area contributed by atoms with Crippen LogP contribution < -0.4 is 5.32 Å². The topological polar surface area (TPSA) is 88.5 Å². The number of esters is 1. The molecule has 2 atom stereocenters. The van der Waals surface area contributed by atoms with E-state index in [0.29, 0.717) is 11.1 Å². The molecule has 0 aliphatic rings. The minimum absolute atomic E-state index is 0.147. The van der Waals surface area contributed by atoms with E-state index in [-0.39, 0.29) is 6.61 Å². The fourth-order valence-electron chi connectivity index (χ4n) is 2.53. The Bertz CT molecular complexity index is 746. The van der Waals surface area contributed by atoms with E-state index in [4.69, 9.17) is 4.74 Å². The number of aryl methyl sites for hydroxylation is 2. The molecule has 6 nitrogen and oxygen atoms in total. The number of nitrogens with one attached hydrogen (secondary N) is 1. The zero-order chi connectivity index (χ0) is 18.4. The normalized spacial score (nSPS) is 13.0. The molecule has 0 spiro atoms. The third kappa shape index (κ3) is 4.64. The second kappa shape index (κ2) is 8.39. The highest BCUT2D eigenvalue weighted by Gasteiger charge is 2.31. The summed E-state index contributed by atoms with van der Waals surface area (Å²) in [6, 6.07) is 7.45. The lowest BCUT2D eigenvalue weighted by Crippen LogP contribution is -2.46. The summed E-state index contributed by atoms with van der Waals surface area (Å²) in [7, 11) is 0. The maximum Gasteiger partial charge on any atom is 0.331 e. The Kier molecular flexibility index (Phi) is 6.25. The zero-order valence-electron chi connectivity index (χ0n) is 14.5. The largest absolute Gasteiger partial charge is 0.464 e. The van der Waals surface area contributed by atoms with E-state index in [2.05, 4.69) is 10.3 Å². The van der Waals surface area contributed by atoms with Gasteiger partial charge in [-0.25, -0.2) is 4.79 Å². The average Bonchev–Trinajstić information content (AvgIpc) is 2.59. The summed E-state index contributed by atoms with van der Waals surface area (Å²) in [5.74, 6) is -1.14. The van der Waals surface area contributed by atoms with E-state index in [1.807, 2.05) is 26.0 Å². The number of benzene rings is 1. The number of nitrogens with zero attached hydrogens (tertiary/aromatic N) is 1. The van der Waals surface area contributed by atoms with Gasteiger partial charge in [-0.3, -0.25) is 9.78 Å². The van der Waals surface area contributed by atoms with Gasteiger partial charge in [-0.05, 0) is 38.5 Å². The number of ether oxygens (including phenoxy) is 1. The molecule has 1 aromatic heterocycles. The van der Waals surface area contributed by atoms with Crippen LogP contribution >= 0.6 is 0 Å². The number of carbonyl (C=O) groups is 2. The smallest absolute Gasteiger partial charge is 0.331 e. The predicted octanol–water partition coefficient (Wildman–Crippen LogP) is 2.09. The van der Waals surface area contributed by atoms with Crippen molar-refractivity contribution in [3.05, 3.63) is 65.0 Å². The third-order valence-electron chi connectivity index (χ3n) is 3.80. The van der Waals surface area contributed by atoms with Crippen LogP contribution in [0.25, 0.3) is 0 Å². The van der Waals surface area contributed by atoms with E-state index in [0.717, 1.165) is 11.1 Å².